The number of aliphatic imine (C=N–C) groups is 2. The Bertz CT molecular complexity index is 2680. The van der Waals surface area contributed by atoms with Crippen molar-refractivity contribution in [3.8, 4) is 27.9 Å². The molecular formula is C46H43N5O2. The summed E-state index contributed by atoms with van der Waals surface area (Å²) < 4.78 is 15.1. The Morgan fingerprint density at radius 2 is 1.02 bits per heavy atom. The summed E-state index contributed by atoms with van der Waals surface area (Å²) in [5, 5.41) is 4.72. The molecule has 9 rings (SSSR count). The van der Waals surface area contributed by atoms with Gasteiger partial charge in [0.15, 0.2) is 0 Å². The highest BCUT2D eigenvalue weighted by Crippen LogP contribution is 2.43. The van der Waals surface area contributed by atoms with Gasteiger partial charge >= 0.3 is 0 Å². The smallest absolute Gasteiger partial charge is 0.218 e. The summed E-state index contributed by atoms with van der Waals surface area (Å²) >= 11 is 0. The molecule has 0 spiro atoms. The first-order chi connectivity index (χ1) is 25.2. The maximum atomic E-state index is 6.41. The number of hydrogen-bond donors (Lipinski definition) is 0. The molecule has 0 radical (unpaired) electrons. The molecule has 0 saturated heterocycles. The summed E-state index contributed by atoms with van der Waals surface area (Å²) in [6.45, 7) is 16.8. The highest BCUT2D eigenvalue weighted by molar-refractivity contribution is 6.24. The van der Waals surface area contributed by atoms with Crippen LogP contribution in [0.5, 0.6) is 0 Å². The number of hydrogen-bond acceptors (Lipinski definition) is 6. The van der Waals surface area contributed by atoms with Gasteiger partial charge in [-0.2, -0.15) is 0 Å². The van der Waals surface area contributed by atoms with Gasteiger partial charge < -0.3 is 14.0 Å². The van der Waals surface area contributed by atoms with Crippen molar-refractivity contribution in [1.29, 1.82) is 0 Å². The third-order valence-corrected chi connectivity index (χ3v) is 11.8. The van der Waals surface area contributed by atoms with Crippen molar-refractivity contribution in [3.63, 3.8) is 0 Å². The van der Waals surface area contributed by atoms with Crippen LogP contribution in [-0.4, -0.2) is 48.6 Å². The predicted octanol–water partition coefficient (Wildman–Crippen LogP) is 10.7. The Morgan fingerprint density at radius 3 is 1.62 bits per heavy atom. The fraction of sp³-hybridized carbons (Fsp3) is 0.261. The Labute approximate surface area is 310 Å². The lowest BCUT2D eigenvalue weighted by Crippen LogP contribution is -2.41. The van der Waals surface area contributed by atoms with Gasteiger partial charge in [0.2, 0.25) is 11.8 Å². The van der Waals surface area contributed by atoms with Crippen molar-refractivity contribution in [3.05, 3.63) is 127 Å². The fourth-order valence-corrected chi connectivity index (χ4v) is 7.37. The van der Waals surface area contributed by atoms with E-state index in [1.165, 1.54) is 16.2 Å². The second-order valence-corrected chi connectivity index (χ2v) is 16.4. The Hall–Kier alpha value is -5.82. The van der Waals surface area contributed by atoms with Gasteiger partial charge in [0.1, 0.15) is 11.2 Å². The van der Waals surface area contributed by atoms with Crippen molar-refractivity contribution < 1.29 is 9.47 Å². The second kappa shape index (κ2) is 11.3. The quantitative estimate of drug-likeness (QED) is 0.179. The van der Waals surface area contributed by atoms with Gasteiger partial charge in [-0.1, -0.05) is 54.6 Å². The summed E-state index contributed by atoms with van der Waals surface area (Å²) in [6.07, 6.45) is 7.54. The maximum absolute atomic E-state index is 6.41. The third-order valence-electron chi connectivity index (χ3n) is 11.8. The minimum atomic E-state index is -0.427. The molecule has 0 atom stereocenters. The van der Waals surface area contributed by atoms with E-state index in [0.29, 0.717) is 11.8 Å². The molecule has 2 aliphatic rings. The number of nitrogens with zero attached hydrogens (tertiary/aromatic N) is 5. The number of aromatic nitrogens is 3. The van der Waals surface area contributed by atoms with Crippen LogP contribution in [0.3, 0.4) is 0 Å². The van der Waals surface area contributed by atoms with Gasteiger partial charge in [-0.3, -0.25) is 9.97 Å². The van der Waals surface area contributed by atoms with Crippen molar-refractivity contribution in [2.24, 2.45) is 9.98 Å². The van der Waals surface area contributed by atoms with Crippen LogP contribution >= 0.6 is 0 Å². The van der Waals surface area contributed by atoms with E-state index in [4.69, 9.17) is 24.4 Å². The minimum absolute atomic E-state index is 0.348. The first-order valence-electron chi connectivity index (χ1n) is 18.3. The molecule has 7 nitrogen and oxygen atoms in total. The lowest BCUT2D eigenvalue weighted by atomic mass is 9.87. The van der Waals surface area contributed by atoms with Gasteiger partial charge in [0, 0.05) is 52.4 Å². The van der Waals surface area contributed by atoms with E-state index < -0.39 is 11.2 Å². The van der Waals surface area contributed by atoms with E-state index in [1.807, 2.05) is 24.8 Å². The monoisotopic (exact) mass is 697 g/mol. The Kier molecular flexibility index (Phi) is 7.07. The van der Waals surface area contributed by atoms with Gasteiger partial charge in [0.05, 0.1) is 33.2 Å². The van der Waals surface area contributed by atoms with Crippen LogP contribution in [-0.2, 0) is 9.47 Å². The average Bonchev–Trinajstić information content (AvgIpc) is 3.68. The van der Waals surface area contributed by atoms with Crippen molar-refractivity contribution in [1.82, 2.24) is 14.5 Å². The normalized spacial score (nSPS) is 18.2. The van der Waals surface area contributed by atoms with E-state index in [9.17, 15) is 0 Å². The van der Waals surface area contributed by atoms with E-state index in [0.717, 1.165) is 55.5 Å². The average molecular weight is 698 g/mol. The first kappa shape index (κ1) is 33.0. The van der Waals surface area contributed by atoms with Gasteiger partial charge in [-0.15, -0.1) is 0 Å². The Morgan fingerprint density at radius 1 is 0.472 bits per heavy atom. The molecule has 0 aliphatic carbocycles. The van der Waals surface area contributed by atoms with Crippen molar-refractivity contribution >= 4 is 44.4 Å². The molecular weight excluding hydrogens is 655 g/mol. The van der Waals surface area contributed by atoms with Crippen LogP contribution in [0.25, 0.3) is 60.5 Å². The summed E-state index contributed by atoms with van der Waals surface area (Å²) in [7, 11) is 0. The summed E-state index contributed by atoms with van der Waals surface area (Å²) in [5.74, 6) is 1.26. The van der Waals surface area contributed by atoms with Crippen LogP contribution in [0.4, 0.5) is 0 Å². The second-order valence-electron chi connectivity index (χ2n) is 16.4. The molecule has 4 aromatic carbocycles. The number of para-hydroxylation sites is 1. The molecule has 7 aromatic rings. The van der Waals surface area contributed by atoms with E-state index in [2.05, 4.69) is 156 Å². The molecule has 0 bridgehead atoms. The SMILES string of the molecule is CC1(C)N=C(c2cncc(-c3ccc4c5c6ccccc6c(-c6cncc(C7=NC(C)(C)C(C)(C)O7)c6)cc5n(-c5ccccc5)c4c3)c2)OC1(C)C. The van der Waals surface area contributed by atoms with Crippen LogP contribution in [0.15, 0.2) is 126 Å². The molecule has 7 heteroatoms. The number of fused-ring (bicyclic) bond motifs is 5. The number of rotatable bonds is 5. The lowest BCUT2D eigenvalue weighted by Gasteiger charge is -2.30. The number of ether oxygens (including phenoxy) is 2. The van der Waals surface area contributed by atoms with Crippen LogP contribution in [0.1, 0.15) is 66.5 Å². The predicted molar refractivity (Wildman–Crippen MR) is 216 cm³/mol. The summed E-state index contributed by atoms with van der Waals surface area (Å²) in [4.78, 5) is 19.3. The van der Waals surface area contributed by atoms with Crippen LogP contribution in [0.2, 0.25) is 0 Å². The summed E-state index contributed by atoms with van der Waals surface area (Å²) in [6, 6.07) is 32.6. The molecule has 53 heavy (non-hydrogen) atoms. The van der Waals surface area contributed by atoms with Crippen LogP contribution < -0.4 is 0 Å². The lowest BCUT2D eigenvalue weighted by molar-refractivity contribution is 0.0618. The minimum Gasteiger partial charge on any atom is -0.469 e. The largest absolute Gasteiger partial charge is 0.469 e. The van der Waals surface area contributed by atoms with Crippen LogP contribution in [0, 0.1) is 0 Å². The first-order valence-corrected chi connectivity index (χ1v) is 18.3. The maximum Gasteiger partial charge on any atom is 0.218 e. The van der Waals surface area contributed by atoms with E-state index in [1.54, 1.807) is 0 Å². The molecule has 0 unspecified atom stereocenters. The highest BCUT2D eigenvalue weighted by atomic mass is 16.5. The van der Waals surface area contributed by atoms with Gasteiger partial charge in [0.25, 0.3) is 0 Å². The van der Waals surface area contributed by atoms with Crippen molar-refractivity contribution in [2.75, 3.05) is 0 Å². The third kappa shape index (κ3) is 5.16. The van der Waals surface area contributed by atoms with Crippen molar-refractivity contribution in [2.45, 2.75) is 77.7 Å². The molecule has 0 saturated carbocycles. The zero-order valence-electron chi connectivity index (χ0n) is 31.5. The standard InChI is InChI=1S/C46H43N5O2/c1-43(2)45(5,6)52-41(49-43)31-20-29(24-47-26-31)28-18-19-36-38(22-28)51(33-14-10-9-11-15-33)39-23-37(34-16-12-13-17-35(34)40(36)39)30-21-32(27-48-25-30)42-50-44(3,4)46(7,8)53-42/h9-27H,1-8H3. The molecule has 3 aromatic heterocycles. The molecule has 5 heterocycles. The van der Waals surface area contributed by atoms with E-state index in [-0.39, 0.29) is 11.1 Å². The highest BCUT2D eigenvalue weighted by Gasteiger charge is 2.46. The fourth-order valence-electron chi connectivity index (χ4n) is 7.37. The van der Waals surface area contributed by atoms with Gasteiger partial charge in [-0.05, 0) is 114 Å². The van der Waals surface area contributed by atoms with Gasteiger partial charge in [-0.25, -0.2) is 9.98 Å². The molecule has 264 valence electrons. The topological polar surface area (TPSA) is 73.9 Å². The number of pyridine rings is 2. The molecule has 2 aliphatic heterocycles. The Balaban J connectivity index is 1.25. The number of benzene rings is 4. The zero-order chi connectivity index (χ0) is 36.9. The van der Waals surface area contributed by atoms with E-state index >= 15 is 0 Å². The molecule has 0 fully saturated rings. The zero-order valence-corrected chi connectivity index (χ0v) is 31.5. The molecule has 0 amide bonds. The molecule has 0 N–H and O–H groups in total. The summed E-state index contributed by atoms with van der Waals surface area (Å²) in [5.41, 5.74) is 7.67.